The lowest BCUT2D eigenvalue weighted by molar-refractivity contribution is 0.343. The van der Waals surface area contributed by atoms with Crippen LogP contribution in [0.1, 0.15) is 76.0 Å². The number of unbranched alkanes of at least 4 members (excludes halogenated alkanes) is 1. The molecule has 1 aliphatic rings. The highest BCUT2D eigenvalue weighted by molar-refractivity contribution is 7.99. The number of thioether (sulfide) groups is 1. The second kappa shape index (κ2) is 7.90. The van der Waals surface area contributed by atoms with Crippen LogP contribution >= 0.6 is 11.8 Å². The molecule has 4 nitrogen and oxygen atoms in total. The second-order valence-electron chi connectivity index (χ2n) is 5.37. The van der Waals surface area contributed by atoms with E-state index in [-0.39, 0.29) is 6.04 Å². The van der Waals surface area contributed by atoms with Gasteiger partial charge in [-0.1, -0.05) is 44.2 Å². The topological polar surface area (TPSA) is 64.9 Å². The molecule has 5 heteroatoms. The minimum absolute atomic E-state index is 0.0964. The Morgan fingerprint density at radius 1 is 1.37 bits per heavy atom. The zero-order valence-electron chi connectivity index (χ0n) is 11.8. The molecule has 1 atom stereocenters. The molecule has 19 heavy (non-hydrogen) atoms. The van der Waals surface area contributed by atoms with Gasteiger partial charge in [0.1, 0.15) is 0 Å². The molecule has 2 N–H and O–H groups in total. The van der Waals surface area contributed by atoms with Crippen LogP contribution in [0.25, 0.3) is 0 Å². The molecule has 0 radical (unpaired) electrons. The highest BCUT2D eigenvalue weighted by Crippen LogP contribution is 2.30. The third-order valence-corrected chi connectivity index (χ3v) is 5.04. The van der Waals surface area contributed by atoms with Gasteiger partial charge in [0, 0.05) is 5.25 Å². The number of nitrogens with zero attached hydrogens (tertiary/aromatic N) is 2. The molecule has 0 spiro atoms. The van der Waals surface area contributed by atoms with Crippen LogP contribution in [-0.2, 0) is 5.75 Å². The first-order valence-corrected chi connectivity index (χ1v) is 8.54. The van der Waals surface area contributed by atoms with Crippen LogP contribution in [0.5, 0.6) is 0 Å². The van der Waals surface area contributed by atoms with E-state index in [4.69, 9.17) is 10.3 Å². The van der Waals surface area contributed by atoms with E-state index >= 15 is 0 Å². The number of hydrogen-bond donors (Lipinski definition) is 1. The normalized spacial score (nSPS) is 18.6. The van der Waals surface area contributed by atoms with Gasteiger partial charge in [-0.25, -0.2) is 0 Å². The summed E-state index contributed by atoms with van der Waals surface area (Å²) in [6.45, 7) is 2.16. The Kier molecular flexibility index (Phi) is 6.17. The van der Waals surface area contributed by atoms with Gasteiger partial charge >= 0.3 is 0 Å². The molecule has 0 amide bonds. The van der Waals surface area contributed by atoms with Crippen molar-refractivity contribution in [3.05, 3.63) is 11.7 Å². The van der Waals surface area contributed by atoms with E-state index in [1.54, 1.807) is 0 Å². The zero-order chi connectivity index (χ0) is 13.5. The monoisotopic (exact) mass is 283 g/mol. The van der Waals surface area contributed by atoms with Crippen molar-refractivity contribution in [2.45, 2.75) is 75.3 Å². The molecule has 2 rings (SSSR count). The average molecular weight is 283 g/mol. The molecule has 1 aromatic rings. The van der Waals surface area contributed by atoms with Gasteiger partial charge in [-0.2, -0.15) is 16.7 Å². The first-order valence-electron chi connectivity index (χ1n) is 7.49. The van der Waals surface area contributed by atoms with Crippen molar-refractivity contribution in [2.75, 3.05) is 0 Å². The van der Waals surface area contributed by atoms with Gasteiger partial charge in [0.15, 0.2) is 5.82 Å². The average Bonchev–Trinajstić information content (AvgIpc) is 2.92. The summed E-state index contributed by atoms with van der Waals surface area (Å²) in [6.07, 6.45) is 10.00. The zero-order valence-corrected chi connectivity index (χ0v) is 12.6. The molecule has 1 aliphatic carbocycles. The lowest BCUT2D eigenvalue weighted by atomic mass is 10.0. The molecule has 108 valence electrons. The van der Waals surface area contributed by atoms with Gasteiger partial charge in [-0.3, -0.25) is 0 Å². The second-order valence-corrected chi connectivity index (χ2v) is 6.66. The minimum atomic E-state index is -0.0964. The number of rotatable bonds is 7. The first kappa shape index (κ1) is 14.9. The van der Waals surface area contributed by atoms with Crippen molar-refractivity contribution in [1.82, 2.24) is 10.1 Å². The van der Waals surface area contributed by atoms with Crippen LogP contribution < -0.4 is 5.73 Å². The smallest absolute Gasteiger partial charge is 0.243 e. The van der Waals surface area contributed by atoms with Crippen LogP contribution in [0.3, 0.4) is 0 Å². The highest BCUT2D eigenvalue weighted by atomic mass is 32.2. The Morgan fingerprint density at radius 3 is 2.89 bits per heavy atom. The Balaban J connectivity index is 1.76. The Morgan fingerprint density at radius 2 is 2.16 bits per heavy atom. The lowest BCUT2D eigenvalue weighted by Gasteiger charge is -2.19. The van der Waals surface area contributed by atoms with Gasteiger partial charge in [0.05, 0.1) is 11.8 Å². The van der Waals surface area contributed by atoms with E-state index in [1.165, 1.54) is 32.1 Å². The maximum Gasteiger partial charge on any atom is 0.243 e. The standard InChI is InChI=1S/C14H25N3OS/c1-2-3-9-12(15)14-16-13(17-18-14)10-19-11-7-5-4-6-8-11/h11-12H,2-10,15H2,1H3/t12-/m0/s1. The fraction of sp³-hybridized carbons (Fsp3) is 0.857. The summed E-state index contributed by atoms with van der Waals surface area (Å²) < 4.78 is 5.26. The van der Waals surface area contributed by atoms with Crippen molar-refractivity contribution in [1.29, 1.82) is 0 Å². The van der Waals surface area contributed by atoms with Crippen LogP contribution in [-0.4, -0.2) is 15.4 Å². The summed E-state index contributed by atoms with van der Waals surface area (Å²) in [7, 11) is 0. The maximum absolute atomic E-state index is 6.03. The van der Waals surface area contributed by atoms with Gasteiger partial charge in [0.25, 0.3) is 0 Å². The number of aromatic nitrogens is 2. The van der Waals surface area contributed by atoms with E-state index < -0.39 is 0 Å². The molecule has 1 saturated carbocycles. The van der Waals surface area contributed by atoms with Crippen molar-refractivity contribution >= 4 is 11.8 Å². The SMILES string of the molecule is CCCC[C@H](N)c1nc(CSC2CCCCC2)no1. The Labute approximate surface area is 119 Å². The quantitative estimate of drug-likeness (QED) is 0.824. The van der Waals surface area contributed by atoms with Crippen LogP contribution in [0.15, 0.2) is 4.52 Å². The third kappa shape index (κ3) is 4.80. The Bertz CT molecular complexity index is 363. The summed E-state index contributed by atoms with van der Waals surface area (Å²) in [6, 6.07) is -0.0964. The van der Waals surface area contributed by atoms with Gasteiger partial charge in [-0.05, 0) is 19.3 Å². The van der Waals surface area contributed by atoms with E-state index in [2.05, 4.69) is 17.1 Å². The lowest BCUT2D eigenvalue weighted by Crippen LogP contribution is -2.10. The third-order valence-electron chi connectivity index (χ3n) is 3.67. The molecular formula is C14H25N3OS. The van der Waals surface area contributed by atoms with Gasteiger partial charge < -0.3 is 10.3 Å². The predicted molar refractivity (Wildman–Crippen MR) is 78.9 cm³/mol. The largest absolute Gasteiger partial charge is 0.338 e. The predicted octanol–water partition coefficient (Wildman–Crippen LogP) is 3.83. The van der Waals surface area contributed by atoms with Crippen molar-refractivity contribution in [2.24, 2.45) is 5.73 Å². The molecule has 0 bridgehead atoms. The van der Waals surface area contributed by atoms with Crippen molar-refractivity contribution in [3.8, 4) is 0 Å². The van der Waals surface area contributed by atoms with Crippen LogP contribution in [0.2, 0.25) is 0 Å². The van der Waals surface area contributed by atoms with E-state index in [9.17, 15) is 0 Å². The van der Waals surface area contributed by atoms with Crippen LogP contribution in [0, 0.1) is 0 Å². The maximum atomic E-state index is 6.03. The summed E-state index contributed by atoms with van der Waals surface area (Å²) >= 11 is 1.97. The van der Waals surface area contributed by atoms with Crippen molar-refractivity contribution < 1.29 is 4.52 Å². The molecule has 1 fully saturated rings. The fourth-order valence-electron chi connectivity index (χ4n) is 2.45. The number of nitrogens with two attached hydrogens (primary N) is 1. The van der Waals surface area contributed by atoms with E-state index in [0.717, 1.165) is 36.1 Å². The van der Waals surface area contributed by atoms with E-state index in [1.807, 2.05) is 11.8 Å². The fourth-order valence-corrected chi connectivity index (χ4v) is 3.62. The van der Waals surface area contributed by atoms with E-state index in [0.29, 0.717) is 5.89 Å². The first-order chi connectivity index (χ1) is 9.29. The molecule has 0 aromatic carbocycles. The summed E-state index contributed by atoms with van der Waals surface area (Å²) in [5, 5.41) is 4.82. The molecule has 1 aromatic heterocycles. The molecular weight excluding hydrogens is 258 g/mol. The Hall–Kier alpha value is -0.550. The summed E-state index contributed by atoms with van der Waals surface area (Å²) in [5.74, 6) is 2.26. The minimum Gasteiger partial charge on any atom is -0.338 e. The van der Waals surface area contributed by atoms with Crippen molar-refractivity contribution in [3.63, 3.8) is 0 Å². The molecule has 0 unspecified atom stereocenters. The molecule has 0 aliphatic heterocycles. The van der Waals surface area contributed by atoms with Gasteiger partial charge in [-0.15, -0.1) is 0 Å². The summed E-state index contributed by atoms with van der Waals surface area (Å²) in [4.78, 5) is 4.42. The molecule has 0 saturated heterocycles. The number of hydrogen-bond acceptors (Lipinski definition) is 5. The highest BCUT2D eigenvalue weighted by Gasteiger charge is 2.17. The summed E-state index contributed by atoms with van der Waals surface area (Å²) in [5.41, 5.74) is 6.03. The molecule has 1 heterocycles. The van der Waals surface area contributed by atoms with Crippen LogP contribution in [0.4, 0.5) is 0 Å². The van der Waals surface area contributed by atoms with Gasteiger partial charge in [0.2, 0.25) is 5.89 Å².